The number of aliphatic hydroxyl groups excluding tert-OH is 2. The van der Waals surface area contributed by atoms with Gasteiger partial charge in [0.15, 0.2) is 0 Å². The molecule has 0 rings (SSSR count). The maximum absolute atomic E-state index is 13.2. The number of amides is 1. The quantitative estimate of drug-likeness (QED) is 0.0321. The SMILES string of the molecule is CCCCC/C=C\C/C=C\C/C=C\CCCCCCCCC(=O)OC(CCCCCCCCCCC)CC(=O)NC(CO)C(O)CCCCCCCCCCCCCCCCC. The minimum absolute atomic E-state index is 0.0756. The highest BCUT2D eigenvalue weighted by molar-refractivity contribution is 5.77. The third kappa shape index (κ3) is 44.7. The predicted molar refractivity (Wildman–Crippen MR) is 269 cm³/mol. The Morgan fingerprint density at radius 1 is 0.468 bits per heavy atom. The Bertz CT molecular complexity index is 1020. The van der Waals surface area contributed by atoms with Gasteiger partial charge in [0.25, 0.3) is 0 Å². The van der Waals surface area contributed by atoms with Gasteiger partial charge in [-0.2, -0.15) is 0 Å². The maximum Gasteiger partial charge on any atom is 0.306 e. The lowest BCUT2D eigenvalue weighted by atomic mass is 10.0. The molecule has 0 aromatic heterocycles. The Kier molecular flexibility index (Phi) is 48.5. The molecule has 0 bridgehead atoms. The molecule has 0 aliphatic heterocycles. The highest BCUT2D eigenvalue weighted by Gasteiger charge is 2.24. The first-order valence-corrected chi connectivity index (χ1v) is 27.2. The fourth-order valence-electron chi connectivity index (χ4n) is 8.32. The van der Waals surface area contributed by atoms with Crippen LogP contribution in [0.25, 0.3) is 0 Å². The van der Waals surface area contributed by atoms with Crippen LogP contribution in [0.2, 0.25) is 0 Å². The van der Waals surface area contributed by atoms with Gasteiger partial charge in [-0.15, -0.1) is 0 Å². The molecular weight excluding hydrogens is 767 g/mol. The second-order valence-corrected chi connectivity index (χ2v) is 18.6. The van der Waals surface area contributed by atoms with Gasteiger partial charge in [-0.1, -0.05) is 243 Å². The lowest BCUT2D eigenvalue weighted by Gasteiger charge is -2.24. The van der Waals surface area contributed by atoms with Crippen LogP contribution >= 0.6 is 0 Å². The largest absolute Gasteiger partial charge is 0.462 e. The van der Waals surface area contributed by atoms with Crippen molar-refractivity contribution in [2.75, 3.05) is 6.61 Å². The molecule has 62 heavy (non-hydrogen) atoms. The van der Waals surface area contributed by atoms with E-state index in [1.54, 1.807) is 0 Å². The number of ether oxygens (including phenoxy) is 1. The Morgan fingerprint density at radius 3 is 1.27 bits per heavy atom. The van der Waals surface area contributed by atoms with E-state index in [1.807, 2.05) is 0 Å². The summed E-state index contributed by atoms with van der Waals surface area (Å²) in [5.41, 5.74) is 0. The van der Waals surface area contributed by atoms with Gasteiger partial charge in [-0.3, -0.25) is 9.59 Å². The first-order chi connectivity index (χ1) is 30.5. The smallest absolute Gasteiger partial charge is 0.306 e. The van der Waals surface area contributed by atoms with Crippen molar-refractivity contribution in [3.05, 3.63) is 36.5 Å². The number of carbonyl (C=O) groups excluding carboxylic acids is 2. The number of allylic oxidation sites excluding steroid dienone is 6. The number of hydrogen-bond donors (Lipinski definition) is 3. The molecule has 0 spiro atoms. The fourth-order valence-corrected chi connectivity index (χ4v) is 8.32. The molecule has 0 fully saturated rings. The van der Waals surface area contributed by atoms with Gasteiger partial charge < -0.3 is 20.3 Å². The Balaban J connectivity index is 4.42. The topological polar surface area (TPSA) is 95.9 Å². The molecule has 0 aliphatic rings. The van der Waals surface area contributed by atoms with E-state index in [4.69, 9.17) is 4.74 Å². The minimum atomic E-state index is -0.787. The van der Waals surface area contributed by atoms with E-state index in [-0.39, 0.29) is 24.9 Å². The number of nitrogens with one attached hydrogen (secondary N) is 1. The first-order valence-electron chi connectivity index (χ1n) is 27.2. The molecule has 0 saturated carbocycles. The first kappa shape index (κ1) is 60.1. The maximum atomic E-state index is 13.2. The average molecular weight is 872 g/mol. The zero-order valence-corrected chi connectivity index (χ0v) is 41.5. The van der Waals surface area contributed by atoms with Crippen LogP contribution in [0.3, 0.4) is 0 Å². The molecule has 1 amide bonds. The van der Waals surface area contributed by atoms with Crippen molar-refractivity contribution in [1.29, 1.82) is 0 Å². The minimum Gasteiger partial charge on any atom is -0.462 e. The monoisotopic (exact) mass is 872 g/mol. The van der Waals surface area contributed by atoms with Gasteiger partial charge in [0.05, 0.1) is 25.2 Å². The van der Waals surface area contributed by atoms with Crippen LogP contribution < -0.4 is 5.32 Å². The fraction of sp³-hybridized carbons (Fsp3) is 0.857. The van der Waals surface area contributed by atoms with E-state index < -0.39 is 18.2 Å². The van der Waals surface area contributed by atoms with Crippen LogP contribution in [0.1, 0.15) is 284 Å². The molecule has 0 aromatic rings. The summed E-state index contributed by atoms with van der Waals surface area (Å²) in [6.45, 7) is 6.46. The molecule has 364 valence electrons. The van der Waals surface area contributed by atoms with Crippen LogP contribution in [0.4, 0.5) is 0 Å². The normalized spacial score (nSPS) is 13.4. The number of esters is 1. The van der Waals surface area contributed by atoms with Crippen molar-refractivity contribution in [3.63, 3.8) is 0 Å². The number of aliphatic hydroxyl groups is 2. The van der Waals surface area contributed by atoms with E-state index in [0.717, 1.165) is 64.2 Å². The third-order valence-corrected chi connectivity index (χ3v) is 12.5. The molecule has 6 nitrogen and oxygen atoms in total. The van der Waals surface area contributed by atoms with Gasteiger partial charge in [0.2, 0.25) is 5.91 Å². The van der Waals surface area contributed by atoms with Crippen LogP contribution in [0, 0.1) is 0 Å². The molecule has 3 unspecified atom stereocenters. The summed E-state index contributed by atoms with van der Waals surface area (Å²) in [6.07, 6.45) is 59.2. The molecular formula is C56H105NO5. The highest BCUT2D eigenvalue weighted by Crippen LogP contribution is 2.18. The van der Waals surface area contributed by atoms with Crippen LogP contribution in [0.5, 0.6) is 0 Å². The number of unbranched alkanes of at least 4 members (excludes halogenated alkanes) is 31. The molecule has 6 heteroatoms. The van der Waals surface area contributed by atoms with Gasteiger partial charge >= 0.3 is 5.97 Å². The molecule has 3 N–H and O–H groups in total. The lowest BCUT2D eigenvalue weighted by Crippen LogP contribution is -2.46. The van der Waals surface area contributed by atoms with Crippen LogP contribution in [-0.4, -0.2) is 46.9 Å². The number of rotatable bonds is 49. The van der Waals surface area contributed by atoms with Crippen molar-refractivity contribution < 1.29 is 24.5 Å². The predicted octanol–water partition coefficient (Wildman–Crippen LogP) is 16.5. The van der Waals surface area contributed by atoms with Gasteiger partial charge in [-0.25, -0.2) is 0 Å². The summed E-state index contributed by atoms with van der Waals surface area (Å²) >= 11 is 0. The standard InChI is InChI=1S/C56H105NO5/c1-4-7-10-13-16-19-21-23-25-26-27-28-30-32-34-37-40-43-46-49-56(61)62-52(47-44-41-38-35-18-15-12-9-6-3)50-55(60)57-53(51-58)54(59)48-45-42-39-36-33-31-29-24-22-20-17-14-11-8-5-2/h16,19,23,25,27-28,52-54,58-59H,4-15,17-18,20-22,24,26,29-51H2,1-3H3,(H,57,60)/b19-16-,25-23-,28-27-. The molecule has 0 radical (unpaired) electrons. The van der Waals surface area contributed by atoms with Gasteiger partial charge in [0, 0.05) is 6.42 Å². The lowest BCUT2D eigenvalue weighted by molar-refractivity contribution is -0.151. The number of hydrogen-bond acceptors (Lipinski definition) is 5. The van der Waals surface area contributed by atoms with Crippen molar-refractivity contribution in [2.24, 2.45) is 0 Å². The van der Waals surface area contributed by atoms with E-state index in [2.05, 4.69) is 62.5 Å². The molecule has 3 atom stereocenters. The molecule has 0 heterocycles. The van der Waals surface area contributed by atoms with E-state index in [9.17, 15) is 19.8 Å². The summed E-state index contributed by atoms with van der Waals surface area (Å²) < 4.78 is 5.93. The Hall–Kier alpha value is -1.92. The van der Waals surface area contributed by atoms with Crippen molar-refractivity contribution in [3.8, 4) is 0 Å². The average Bonchev–Trinajstić information content (AvgIpc) is 3.26. The van der Waals surface area contributed by atoms with Gasteiger partial charge in [-0.05, 0) is 64.2 Å². The summed E-state index contributed by atoms with van der Waals surface area (Å²) in [5, 5.41) is 23.8. The van der Waals surface area contributed by atoms with E-state index in [1.165, 1.54) is 173 Å². The van der Waals surface area contributed by atoms with Crippen molar-refractivity contribution in [2.45, 2.75) is 302 Å². The summed E-state index contributed by atoms with van der Waals surface area (Å²) in [5.74, 6) is -0.478. The highest BCUT2D eigenvalue weighted by atomic mass is 16.5. The molecule has 0 aliphatic carbocycles. The number of carbonyl (C=O) groups is 2. The van der Waals surface area contributed by atoms with Crippen molar-refractivity contribution in [1.82, 2.24) is 5.32 Å². The second kappa shape index (κ2) is 50.1. The summed E-state index contributed by atoms with van der Waals surface area (Å²) in [4.78, 5) is 26.1. The van der Waals surface area contributed by atoms with Crippen LogP contribution in [-0.2, 0) is 14.3 Å². The zero-order chi connectivity index (χ0) is 45.2. The van der Waals surface area contributed by atoms with E-state index in [0.29, 0.717) is 19.3 Å². The molecule has 0 aromatic carbocycles. The van der Waals surface area contributed by atoms with Gasteiger partial charge in [0.1, 0.15) is 6.10 Å². The Labute approximate surface area is 385 Å². The summed E-state index contributed by atoms with van der Waals surface area (Å²) in [7, 11) is 0. The second-order valence-electron chi connectivity index (χ2n) is 18.6. The Morgan fingerprint density at radius 2 is 0.823 bits per heavy atom. The van der Waals surface area contributed by atoms with E-state index >= 15 is 0 Å². The van der Waals surface area contributed by atoms with Crippen molar-refractivity contribution >= 4 is 11.9 Å². The zero-order valence-electron chi connectivity index (χ0n) is 41.5. The third-order valence-electron chi connectivity index (χ3n) is 12.5. The molecule has 0 saturated heterocycles. The summed E-state index contributed by atoms with van der Waals surface area (Å²) in [6, 6.07) is -0.700. The van der Waals surface area contributed by atoms with Crippen LogP contribution in [0.15, 0.2) is 36.5 Å².